The monoisotopic (exact) mass is 354 g/mol. The van der Waals surface area contributed by atoms with Crippen LogP contribution in [0.5, 0.6) is 0 Å². The largest absolute Gasteiger partial charge is 0.462 e. The van der Waals surface area contributed by atoms with Crippen LogP contribution in [0.4, 0.5) is 5.69 Å². The number of hydrogen-bond acceptors (Lipinski definition) is 4. The lowest BCUT2D eigenvalue weighted by molar-refractivity contribution is -0.131. The predicted octanol–water partition coefficient (Wildman–Crippen LogP) is 3.71. The molecule has 26 heavy (non-hydrogen) atoms. The van der Waals surface area contributed by atoms with Crippen molar-refractivity contribution in [1.82, 2.24) is 4.90 Å². The molecule has 5 nitrogen and oxygen atoms in total. The van der Waals surface area contributed by atoms with E-state index in [9.17, 15) is 9.59 Å². The molecule has 0 spiro atoms. The van der Waals surface area contributed by atoms with Crippen LogP contribution >= 0.6 is 0 Å². The lowest BCUT2D eigenvalue weighted by atomic mass is 10.1. The third kappa shape index (κ3) is 5.62. The summed E-state index contributed by atoms with van der Waals surface area (Å²) in [6.07, 6.45) is 0.359. The molecule has 0 saturated heterocycles. The zero-order valence-electron chi connectivity index (χ0n) is 15.4. The van der Waals surface area contributed by atoms with Crippen LogP contribution in [0.1, 0.15) is 36.2 Å². The molecule has 0 fully saturated rings. The van der Waals surface area contributed by atoms with Crippen LogP contribution in [0.15, 0.2) is 54.6 Å². The molecule has 0 atom stereocenters. The number of carbonyl (C=O) groups excluding carboxylic acids is 2. The van der Waals surface area contributed by atoms with Gasteiger partial charge in [0.1, 0.15) is 0 Å². The highest BCUT2D eigenvalue weighted by atomic mass is 16.5. The Bertz CT molecular complexity index is 716. The van der Waals surface area contributed by atoms with E-state index < -0.39 is 0 Å². The van der Waals surface area contributed by atoms with Crippen molar-refractivity contribution in [3.05, 3.63) is 65.7 Å². The van der Waals surface area contributed by atoms with Gasteiger partial charge in [0.05, 0.1) is 12.2 Å². The summed E-state index contributed by atoms with van der Waals surface area (Å²) in [5.41, 5.74) is 2.28. The number of nitrogens with one attached hydrogen (secondary N) is 1. The van der Waals surface area contributed by atoms with Crippen LogP contribution in [0.25, 0.3) is 0 Å². The first-order valence-electron chi connectivity index (χ1n) is 8.97. The van der Waals surface area contributed by atoms with Crippen molar-refractivity contribution in [2.75, 3.05) is 25.0 Å². The minimum absolute atomic E-state index is 0.0810. The van der Waals surface area contributed by atoms with Crippen LogP contribution < -0.4 is 5.32 Å². The zero-order valence-corrected chi connectivity index (χ0v) is 15.4. The van der Waals surface area contributed by atoms with Crippen molar-refractivity contribution < 1.29 is 14.3 Å². The molecule has 0 radical (unpaired) electrons. The standard InChI is InChI=1S/C21H26N2O3/c1-3-23(16-17-10-6-5-7-11-17)20(24)14-15-22-19-13-9-8-12-18(19)21(25)26-4-2/h5-13,22H,3-4,14-16H2,1-2H3. The number of benzene rings is 2. The van der Waals surface area contributed by atoms with E-state index in [0.717, 1.165) is 5.56 Å². The second kappa shape index (κ2) is 10.2. The highest BCUT2D eigenvalue weighted by Gasteiger charge is 2.14. The Hall–Kier alpha value is -2.82. The number of ether oxygens (including phenoxy) is 1. The van der Waals surface area contributed by atoms with E-state index in [4.69, 9.17) is 4.74 Å². The number of para-hydroxylation sites is 1. The maximum Gasteiger partial charge on any atom is 0.340 e. The number of carbonyl (C=O) groups is 2. The number of hydrogen-bond donors (Lipinski definition) is 1. The van der Waals surface area contributed by atoms with Crippen LogP contribution in [-0.4, -0.2) is 36.5 Å². The number of esters is 1. The fourth-order valence-electron chi connectivity index (χ4n) is 2.67. The summed E-state index contributed by atoms with van der Waals surface area (Å²) < 4.78 is 5.06. The molecule has 2 rings (SSSR count). The Morgan fingerprint density at radius 1 is 1.00 bits per heavy atom. The van der Waals surface area contributed by atoms with Crippen molar-refractivity contribution in [1.29, 1.82) is 0 Å². The maximum atomic E-state index is 12.5. The molecule has 138 valence electrons. The topological polar surface area (TPSA) is 58.6 Å². The normalized spacial score (nSPS) is 10.2. The van der Waals surface area contributed by atoms with Gasteiger partial charge in [-0.05, 0) is 31.5 Å². The van der Waals surface area contributed by atoms with Gasteiger partial charge in [0.2, 0.25) is 5.91 Å². The van der Waals surface area contributed by atoms with Gasteiger partial charge in [0.15, 0.2) is 0 Å². The lowest BCUT2D eigenvalue weighted by Crippen LogP contribution is -2.31. The van der Waals surface area contributed by atoms with Gasteiger partial charge in [-0.3, -0.25) is 4.79 Å². The molecule has 2 aromatic rings. The molecule has 0 aliphatic carbocycles. The number of amides is 1. The third-order valence-electron chi connectivity index (χ3n) is 4.03. The first-order valence-corrected chi connectivity index (χ1v) is 8.97. The average Bonchev–Trinajstić information content (AvgIpc) is 2.67. The molecular formula is C21H26N2O3. The van der Waals surface area contributed by atoms with E-state index in [-0.39, 0.29) is 11.9 Å². The smallest absolute Gasteiger partial charge is 0.340 e. The molecular weight excluding hydrogens is 328 g/mol. The molecule has 0 aromatic heterocycles. The van der Waals surface area contributed by atoms with Gasteiger partial charge in [0, 0.05) is 31.7 Å². The third-order valence-corrected chi connectivity index (χ3v) is 4.03. The van der Waals surface area contributed by atoms with Crippen molar-refractivity contribution in [3.8, 4) is 0 Å². The Labute approximate surface area is 155 Å². The summed E-state index contributed by atoms with van der Waals surface area (Å²) in [6, 6.07) is 17.1. The van der Waals surface area contributed by atoms with Crippen LogP contribution in [0.3, 0.4) is 0 Å². The molecule has 1 N–H and O–H groups in total. The summed E-state index contributed by atoms with van der Waals surface area (Å²) in [5.74, 6) is -0.279. The summed E-state index contributed by atoms with van der Waals surface area (Å²) >= 11 is 0. The number of rotatable bonds is 9. The number of nitrogens with zero attached hydrogens (tertiary/aromatic N) is 1. The van der Waals surface area contributed by atoms with Gasteiger partial charge < -0.3 is 15.0 Å². The SMILES string of the molecule is CCOC(=O)c1ccccc1NCCC(=O)N(CC)Cc1ccccc1. The van der Waals surface area contributed by atoms with Gasteiger partial charge in [0.25, 0.3) is 0 Å². The van der Waals surface area contributed by atoms with Crippen LogP contribution in [0.2, 0.25) is 0 Å². The molecule has 0 unspecified atom stereocenters. The highest BCUT2D eigenvalue weighted by Crippen LogP contribution is 2.16. The van der Waals surface area contributed by atoms with Crippen LogP contribution in [0, 0.1) is 0 Å². The summed E-state index contributed by atoms with van der Waals surface area (Å²) in [7, 11) is 0. The second-order valence-electron chi connectivity index (χ2n) is 5.84. The molecule has 0 aliphatic rings. The zero-order chi connectivity index (χ0) is 18.8. The van der Waals surface area contributed by atoms with Crippen molar-refractivity contribution in [2.24, 2.45) is 0 Å². The van der Waals surface area contributed by atoms with Crippen molar-refractivity contribution in [3.63, 3.8) is 0 Å². The molecule has 1 amide bonds. The van der Waals surface area contributed by atoms with Crippen LogP contribution in [-0.2, 0) is 16.1 Å². The Morgan fingerprint density at radius 2 is 1.69 bits per heavy atom. The van der Waals surface area contributed by atoms with E-state index in [1.807, 2.05) is 54.3 Å². The van der Waals surface area contributed by atoms with Gasteiger partial charge in [-0.15, -0.1) is 0 Å². The Morgan fingerprint density at radius 3 is 2.38 bits per heavy atom. The summed E-state index contributed by atoms with van der Waals surface area (Å²) in [4.78, 5) is 26.3. The maximum absolute atomic E-state index is 12.5. The Balaban J connectivity index is 1.90. The molecule has 0 aliphatic heterocycles. The van der Waals surface area contributed by atoms with Crippen molar-refractivity contribution >= 4 is 17.6 Å². The minimum Gasteiger partial charge on any atom is -0.462 e. The molecule has 0 heterocycles. The Kier molecular flexibility index (Phi) is 7.68. The first kappa shape index (κ1) is 19.5. The van der Waals surface area contributed by atoms with Gasteiger partial charge >= 0.3 is 5.97 Å². The number of anilines is 1. The van der Waals surface area contributed by atoms with Gasteiger partial charge in [-0.1, -0.05) is 42.5 Å². The highest BCUT2D eigenvalue weighted by molar-refractivity contribution is 5.95. The van der Waals surface area contributed by atoms with E-state index in [1.54, 1.807) is 19.1 Å². The van der Waals surface area contributed by atoms with E-state index >= 15 is 0 Å². The quantitative estimate of drug-likeness (QED) is 0.698. The van der Waals surface area contributed by atoms with Gasteiger partial charge in [-0.2, -0.15) is 0 Å². The lowest BCUT2D eigenvalue weighted by Gasteiger charge is -2.21. The molecule has 5 heteroatoms. The molecule has 0 saturated carbocycles. The van der Waals surface area contributed by atoms with E-state index in [1.165, 1.54) is 0 Å². The first-order chi connectivity index (χ1) is 12.7. The van der Waals surface area contributed by atoms with Gasteiger partial charge in [-0.25, -0.2) is 4.79 Å². The average molecular weight is 354 g/mol. The van der Waals surface area contributed by atoms with Crippen molar-refractivity contribution in [2.45, 2.75) is 26.8 Å². The predicted molar refractivity (Wildman–Crippen MR) is 103 cm³/mol. The molecule has 2 aromatic carbocycles. The van der Waals surface area contributed by atoms with E-state index in [0.29, 0.717) is 43.9 Å². The molecule has 0 bridgehead atoms. The summed E-state index contributed by atoms with van der Waals surface area (Å²) in [5, 5.41) is 3.18. The fraction of sp³-hybridized carbons (Fsp3) is 0.333. The minimum atomic E-state index is -0.360. The second-order valence-corrected chi connectivity index (χ2v) is 5.84. The summed E-state index contributed by atoms with van der Waals surface area (Å²) in [6.45, 7) is 5.81. The fourth-order valence-corrected chi connectivity index (χ4v) is 2.67. The van der Waals surface area contributed by atoms with E-state index in [2.05, 4.69) is 5.32 Å².